The molecule has 0 spiro atoms. The van der Waals surface area contributed by atoms with Crippen LogP contribution in [-0.4, -0.2) is 70.4 Å². The van der Waals surface area contributed by atoms with Gasteiger partial charge in [-0.05, 0) is 42.5 Å². The Labute approximate surface area is 244 Å². The topological polar surface area (TPSA) is 91.8 Å². The zero-order valence-corrected chi connectivity index (χ0v) is 24.4. The minimum Gasteiger partial charge on any atom is -0.489 e. The number of hydrogen-bond donors (Lipinski definition) is 0. The predicted octanol–water partition coefficient (Wildman–Crippen LogP) is 4.48. The van der Waals surface area contributed by atoms with Crippen molar-refractivity contribution in [3.8, 4) is 5.75 Å². The summed E-state index contributed by atoms with van der Waals surface area (Å²) in [7, 11) is 0. The molecule has 0 unspecified atom stereocenters. The minimum absolute atomic E-state index is 0.0210. The van der Waals surface area contributed by atoms with Crippen LogP contribution in [-0.2, 0) is 25.7 Å². The maximum absolute atomic E-state index is 13.4. The van der Waals surface area contributed by atoms with E-state index < -0.39 is 12.0 Å². The van der Waals surface area contributed by atoms with E-state index in [0.717, 1.165) is 16.8 Å². The Kier molecular flexibility index (Phi) is 8.78. The number of piperazine rings is 1. The van der Waals surface area contributed by atoms with E-state index in [4.69, 9.17) is 14.5 Å². The van der Waals surface area contributed by atoms with Gasteiger partial charge in [-0.2, -0.15) is 0 Å². The van der Waals surface area contributed by atoms with Gasteiger partial charge in [0.05, 0.1) is 30.3 Å². The van der Waals surface area contributed by atoms with E-state index in [1.807, 2.05) is 71.8 Å². The van der Waals surface area contributed by atoms with Crippen molar-refractivity contribution in [2.75, 3.05) is 32.8 Å². The molecular formula is C31H34N4O5S. The lowest BCUT2D eigenvalue weighted by Gasteiger charge is -2.38. The van der Waals surface area contributed by atoms with Crippen molar-refractivity contribution in [1.82, 2.24) is 14.7 Å². The van der Waals surface area contributed by atoms with Crippen LogP contribution in [0.2, 0.25) is 0 Å². The van der Waals surface area contributed by atoms with Crippen molar-refractivity contribution in [1.29, 1.82) is 0 Å². The van der Waals surface area contributed by atoms with Gasteiger partial charge in [-0.25, -0.2) is 9.79 Å². The van der Waals surface area contributed by atoms with Crippen molar-refractivity contribution in [2.45, 2.75) is 39.8 Å². The number of thioether (sulfide) groups is 1. The first-order chi connectivity index (χ1) is 19.9. The standard InChI is InChI=1S/C31H34N4O5S/c1-4-39-30(38)28-21(2)32-31-35(25(20-41-31)18-27(37)34-15-13-33(14-16-34)22(3)36)29(28)24-11-8-12-26(17-24)40-19-23-9-6-5-7-10-23/h5-12,17,20,29H,4,13-16,18-19H2,1-3H3/t29-/m0/s1. The second-order valence-corrected chi connectivity index (χ2v) is 10.9. The van der Waals surface area contributed by atoms with E-state index in [0.29, 0.717) is 55.0 Å². The molecule has 3 aliphatic rings. The lowest BCUT2D eigenvalue weighted by atomic mass is 9.93. The fourth-order valence-corrected chi connectivity index (χ4v) is 6.17. The molecule has 0 N–H and O–H groups in total. The van der Waals surface area contributed by atoms with Gasteiger partial charge in [0.2, 0.25) is 11.8 Å². The summed E-state index contributed by atoms with van der Waals surface area (Å²) in [6.07, 6.45) is 0.155. The molecular weight excluding hydrogens is 540 g/mol. The maximum Gasteiger partial charge on any atom is 0.338 e. The minimum atomic E-state index is -0.537. The molecule has 0 aromatic heterocycles. The van der Waals surface area contributed by atoms with Gasteiger partial charge >= 0.3 is 5.97 Å². The lowest BCUT2D eigenvalue weighted by Crippen LogP contribution is -2.50. The van der Waals surface area contributed by atoms with Gasteiger partial charge in [-0.3, -0.25) is 9.59 Å². The highest BCUT2D eigenvalue weighted by Crippen LogP contribution is 2.45. The molecule has 3 heterocycles. The molecule has 0 saturated carbocycles. The summed E-state index contributed by atoms with van der Waals surface area (Å²) in [6, 6.07) is 17.1. The molecule has 9 nitrogen and oxygen atoms in total. The molecule has 1 saturated heterocycles. The number of rotatable bonds is 8. The average Bonchev–Trinajstić information content (AvgIpc) is 3.37. The first kappa shape index (κ1) is 28.5. The smallest absolute Gasteiger partial charge is 0.338 e. The number of ether oxygens (including phenoxy) is 2. The van der Waals surface area contributed by atoms with Gasteiger partial charge in [-0.15, -0.1) is 0 Å². The summed E-state index contributed by atoms with van der Waals surface area (Å²) in [4.78, 5) is 48.7. The average molecular weight is 575 g/mol. The molecule has 0 aliphatic carbocycles. The van der Waals surface area contributed by atoms with Gasteiger partial charge in [-0.1, -0.05) is 54.2 Å². The molecule has 1 atom stereocenters. The van der Waals surface area contributed by atoms with Crippen LogP contribution in [0.5, 0.6) is 5.75 Å². The van der Waals surface area contributed by atoms with E-state index in [-0.39, 0.29) is 24.8 Å². The van der Waals surface area contributed by atoms with Crippen LogP contribution in [0.25, 0.3) is 0 Å². The summed E-state index contributed by atoms with van der Waals surface area (Å²) in [5.74, 6) is 0.237. The highest BCUT2D eigenvalue weighted by molar-refractivity contribution is 8.16. The molecule has 3 aliphatic heterocycles. The summed E-state index contributed by atoms with van der Waals surface area (Å²) in [5.41, 5.74) is 3.68. The summed E-state index contributed by atoms with van der Waals surface area (Å²) in [6.45, 7) is 7.84. The van der Waals surface area contributed by atoms with Crippen molar-refractivity contribution >= 4 is 34.7 Å². The molecule has 2 aromatic carbocycles. The van der Waals surface area contributed by atoms with E-state index in [1.165, 1.54) is 11.8 Å². The SMILES string of the molecule is CCOC(=O)C1=C(C)N=C2SC=C(CC(=O)N3CCN(C(C)=O)CC3)N2[C@H]1c1cccc(OCc2ccccc2)c1. The Morgan fingerprint density at radius 3 is 2.44 bits per heavy atom. The summed E-state index contributed by atoms with van der Waals surface area (Å²) >= 11 is 1.44. The molecule has 0 bridgehead atoms. The number of benzene rings is 2. The Hall–Kier alpha value is -4.05. The molecule has 0 radical (unpaired) electrons. The number of nitrogens with zero attached hydrogens (tertiary/aromatic N) is 4. The van der Waals surface area contributed by atoms with Crippen LogP contribution in [0, 0.1) is 0 Å². The van der Waals surface area contributed by atoms with Gasteiger partial charge in [0.25, 0.3) is 0 Å². The Morgan fingerprint density at radius 2 is 1.73 bits per heavy atom. The van der Waals surface area contributed by atoms with Crippen LogP contribution >= 0.6 is 11.8 Å². The number of amides is 2. The van der Waals surface area contributed by atoms with Crippen molar-refractivity contribution in [3.63, 3.8) is 0 Å². The zero-order valence-electron chi connectivity index (χ0n) is 23.5. The molecule has 1 fully saturated rings. The van der Waals surface area contributed by atoms with Gasteiger partial charge in [0, 0.05) is 38.8 Å². The van der Waals surface area contributed by atoms with E-state index >= 15 is 0 Å². The number of amidine groups is 1. The summed E-state index contributed by atoms with van der Waals surface area (Å²) in [5, 5.41) is 2.65. The maximum atomic E-state index is 13.4. The first-order valence-corrected chi connectivity index (χ1v) is 14.6. The molecule has 5 rings (SSSR count). The Morgan fingerprint density at radius 1 is 1.00 bits per heavy atom. The number of esters is 1. The number of carbonyl (C=O) groups is 3. The third kappa shape index (κ3) is 6.32. The Balaban J connectivity index is 1.41. The quantitative estimate of drug-likeness (QED) is 0.429. The number of allylic oxidation sites excluding steroid dienone is 1. The fraction of sp³-hybridized carbons (Fsp3) is 0.355. The number of aliphatic imine (C=N–C) groups is 1. The van der Waals surface area contributed by atoms with Crippen LogP contribution < -0.4 is 4.74 Å². The second kappa shape index (κ2) is 12.6. The second-order valence-electron chi connectivity index (χ2n) is 10.0. The van der Waals surface area contributed by atoms with Crippen LogP contribution in [0.4, 0.5) is 0 Å². The van der Waals surface area contributed by atoms with E-state index in [9.17, 15) is 14.4 Å². The Bertz CT molecular complexity index is 1410. The monoisotopic (exact) mass is 574 g/mol. The van der Waals surface area contributed by atoms with Crippen LogP contribution in [0.1, 0.15) is 44.4 Å². The number of hydrogen-bond acceptors (Lipinski definition) is 8. The largest absolute Gasteiger partial charge is 0.489 e. The molecule has 2 aromatic rings. The first-order valence-electron chi connectivity index (χ1n) is 13.8. The predicted molar refractivity (Wildman–Crippen MR) is 158 cm³/mol. The number of carbonyl (C=O) groups excluding carboxylic acids is 3. The molecule has 214 valence electrons. The lowest BCUT2D eigenvalue weighted by molar-refractivity contribution is -0.139. The van der Waals surface area contributed by atoms with Crippen molar-refractivity contribution in [3.05, 3.63) is 88.1 Å². The van der Waals surface area contributed by atoms with E-state index in [1.54, 1.807) is 23.6 Å². The fourth-order valence-electron chi connectivity index (χ4n) is 5.21. The summed E-state index contributed by atoms with van der Waals surface area (Å²) < 4.78 is 11.6. The van der Waals surface area contributed by atoms with Crippen LogP contribution in [0.15, 0.2) is 82.0 Å². The van der Waals surface area contributed by atoms with Gasteiger partial charge < -0.3 is 24.2 Å². The van der Waals surface area contributed by atoms with Gasteiger partial charge in [0.1, 0.15) is 12.4 Å². The zero-order chi connectivity index (χ0) is 28.9. The molecule has 10 heteroatoms. The van der Waals surface area contributed by atoms with Crippen molar-refractivity contribution < 1.29 is 23.9 Å². The van der Waals surface area contributed by atoms with Crippen molar-refractivity contribution in [2.24, 2.45) is 4.99 Å². The van der Waals surface area contributed by atoms with E-state index in [2.05, 4.69) is 0 Å². The van der Waals surface area contributed by atoms with Gasteiger partial charge in [0.15, 0.2) is 5.17 Å². The highest BCUT2D eigenvalue weighted by Gasteiger charge is 2.41. The van der Waals surface area contributed by atoms with Crippen LogP contribution in [0.3, 0.4) is 0 Å². The molecule has 41 heavy (non-hydrogen) atoms. The third-order valence-electron chi connectivity index (χ3n) is 7.33. The highest BCUT2D eigenvalue weighted by atomic mass is 32.2. The normalized spacial score (nSPS) is 18.5. The third-order valence-corrected chi connectivity index (χ3v) is 8.22. The number of fused-ring (bicyclic) bond motifs is 1. The molecule has 2 amide bonds.